The molecule has 0 aromatic heterocycles. The Bertz CT molecular complexity index is 350. The molecule has 0 amide bonds. The Hall–Kier alpha value is -0.160. The summed E-state index contributed by atoms with van der Waals surface area (Å²) in [6.07, 6.45) is 6.21. The molecular formula is C15H25NO3. The van der Waals surface area contributed by atoms with Crippen molar-refractivity contribution in [3.63, 3.8) is 0 Å². The topological polar surface area (TPSA) is 30.9 Å². The molecule has 0 radical (unpaired) electrons. The summed E-state index contributed by atoms with van der Waals surface area (Å²) in [6.45, 7) is 7.10. The van der Waals surface area contributed by atoms with Gasteiger partial charge in [0, 0.05) is 12.3 Å². The molecule has 2 aliphatic heterocycles. The third kappa shape index (κ3) is 1.67. The predicted molar refractivity (Wildman–Crippen MR) is 69.8 cm³/mol. The lowest BCUT2D eigenvalue weighted by Gasteiger charge is -2.47. The molecule has 0 aromatic carbocycles. The molecule has 2 saturated carbocycles. The van der Waals surface area contributed by atoms with Gasteiger partial charge in [-0.05, 0) is 58.3 Å². The van der Waals surface area contributed by atoms with E-state index in [0.717, 1.165) is 18.9 Å². The van der Waals surface area contributed by atoms with E-state index in [1.807, 2.05) is 5.23 Å². The molecule has 4 rings (SSSR count). The van der Waals surface area contributed by atoms with Gasteiger partial charge in [-0.1, -0.05) is 5.23 Å². The van der Waals surface area contributed by atoms with Crippen molar-refractivity contribution < 1.29 is 14.4 Å². The second kappa shape index (κ2) is 3.94. The van der Waals surface area contributed by atoms with Gasteiger partial charge in [0.05, 0.1) is 17.7 Å². The minimum atomic E-state index is -0.165. The minimum Gasteiger partial charge on any atom is -0.345 e. The zero-order valence-corrected chi connectivity index (χ0v) is 12.2. The molecule has 2 aliphatic carbocycles. The van der Waals surface area contributed by atoms with Gasteiger partial charge in [-0.3, -0.25) is 4.84 Å². The maximum Gasteiger partial charge on any atom is 0.181 e. The van der Waals surface area contributed by atoms with Crippen LogP contribution in [0.25, 0.3) is 0 Å². The van der Waals surface area contributed by atoms with Crippen LogP contribution in [0.5, 0.6) is 0 Å². The summed E-state index contributed by atoms with van der Waals surface area (Å²) < 4.78 is 6.04. The number of nitrogens with zero attached hydrogens (tertiary/aromatic N) is 1. The summed E-state index contributed by atoms with van der Waals surface area (Å²) >= 11 is 0. The predicted octanol–water partition coefficient (Wildman–Crippen LogP) is 2.89. The van der Waals surface area contributed by atoms with Crippen LogP contribution in [0.3, 0.4) is 0 Å². The maximum atomic E-state index is 6.06. The normalized spacial score (nSPS) is 49.4. The first-order valence-electron chi connectivity index (χ1n) is 7.78. The van der Waals surface area contributed by atoms with Crippen molar-refractivity contribution in [3.05, 3.63) is 0 Å². The molecule has 5 atom stereocenters. The number of hydrogen-bond acceptors (Lipinski definition) is 4. The molecule has 4 nitrogen and oxygen atoms in total. The van der Waals surface area contributed by atoms with Gasteiger partial charge < -0.3 is 4.74 Å². The molecule has 0 aromatic rings. The molecule has 4 aliphatic rings. The molecular weight excluding hydrogens is 242 g/mol. The molecule has 0 bridgehead atoms. The smallest absolute Gasteiger partial charge is 0.181 e. The SMILES string of the molecule is CC(C)(C)O[C@H]1C[C@H]2CC[C@@H]3CC[C@H]4CON(O1)[C@]324. The molecule has 1 spiro atoms. The average Bonchev–Trinajstić information content (AvgIpc) is 2.90. The number of ether oxygens (including phenoxy) is 1. The van der Waals surface area contributed by atoms with Gasteiger partial charge in [0.15, 0.2) is 6.29 Å². The zero-order chi connectivity index (χ0) is 13.3. The standard InChI is InChI=1S/C15H25NO3/c1-14(2,3)18-13-8-11-6-4-10-5-7-12-9-17-16(19-13)15(10,11)12/h10-13H,4-9H2,1-3H3/t10-,11-,12+,13-,15-/m1/s1. The number of hydroxylamine groups is 2. The molecule has 2 heterocycles. The molecule has 0 unspecified atom stereocenters. The highest BCUT2D eigenvalue weighted by atomic mass is 17.0. The second-order valence-corrected chi connectivity index (χ2v) is 7.69. The first-order chi connectivity index (χ1) is 9.00. The number of rotatable bonds is 1. The molecule has 4 heteroatoms. The highest BCUT2D eigenvalue weighted by Crippen LogP contribution is 2.63. The van der Waals surface area contributed by atoms with E-state index in [1.54, 1.807) is 0 Å². The summed E-state index contributed by atoms with van der Waals surface area (Å²) in [5.74, 6) is 2.15. The van der Waals surface area contributed by atoms with Crippen LogP contribution in [-0.2, 0) is 14.4 Å². The van der Waals surface area contributed by atoms with Gasteiger partial charge in [-0.25, -0.2) is 4.84 Å². The van der Waals surface area contributed by atoms with Crippen LogP contribution in [0, 0.1) is 17.8 Å². The van der Waals surface area contributed by atoms with Gasteiger partial charge in [0.2, 0.25) is 0 Å². The number of hydrogen-bond donors (Lipinski definition) is 0. The van der Waals surface area contributed by atoms with Crippen LogP contribution in [-0.4, -0.2) is 29.3 Å². The lowest BCUT2D eigenvalue weighted by molar-refractivity contribution is -0.465. The van der Waals surface area contributed by atoms with E-state index >= 15 is 0 Å². The maximum absolute atomic E-state index is 6.06. The summed E-state index contributed by atoms with van der Waals surface area (Å²) in [5.41, 5.74) is 0.0275. The van der Waals surface area contributed by atoms with Crippen LogP contribution in [0.2, 0.25) is 0 Å². The van der Waals surface area contributed by atoms with Gasteiger partial charge in [0.25, 0.3) is 0 Å². The Morgan fingerprint density at radius 1 is 1.05 bits per heavy atom. The zero-order valence-electron chi connectivity index (χ0n) is 12.2. The Balaban J connectivity index is 1.60. The van der Waals surface area contributed by atoms with E-state index < -0.39 is 0 Å². The molecule has 2 saturated heterocycles. The Labute approximate surface area is 115 Å². The molecule has 0 N–H and O–H groups in total. The highest BCUT2D eigenvalue weighted by molar-refractivity contribution is 5.13. The molecule has 108 valence electrons. The van der Waals surface area contributed by atoms with Crippen LogP contribution >= 0.6 is 0 Å². The van der Waals surface area contributed by atoms with Crippen LogP contribution in [0.1, 0.15) is 52.9 Å². The first-order valence-corrected chi connectivity index (χ1v) is 7.78. The van der Waals surface area contributed by atoms with Crippen molar-refractivity contribution in [1.29, 1.82) is 0 Å². The summed E-state index contributed by atoms with van der Waals surface area (Å²) in [5, 5.41) is 1.88. The third-order valence-corrected chi connectivity index (χ3v) is 5.57. The van der Waals surface area contributed by atoms with Crippen molar-refractivity contribution in [2.75, 3.05) is 6.61 Å². The third-order valence-electron chi connectivity index (χ3n) is 5.57. The van der Waals surface area contributed by atoms with E-state index in [2.05, 4.69) is 20.8 Å². The van der Waals surface area contributed by atoms with Crippen molar-refractivity contribution in [1.82, 2.24) is 5.23 Å². The monoisotopic (exact) mass is 267 g/mol. The fraction of sp³-hybridized carbons (Fsp3) is 1.00. The van der Waals surface area contributed by atoms with Crippen LogP contribution < -0.4 is 0 Å². The van der Waals surface area contributed by atoms with Gasteiger partial charge in [-0.15, -0.1) is 0 Å². The van der Waals surface area contributed by atoms with E-state index in [1.165, 1.54) is 25.7 Å². The van der Waals surface area contributed by atoms with Crippen molar-refractivity contribution in [2.24, 2.45) is 17.8 Å². The van der Waals surface area contributed by atoms with Gasteiger partial charge in [-0.2, -0.15) is 0 Å². The van der Waals surface area contributed by atoms with E-state index in [4.69, 9.17) is 14.4 Å². The van der Waals surface area contributed by atoms with E-state index in [-0.39, 0.29) is 17.4 Å². The highest BCUT2D eigenvalue weighted by Gasteiger charge is 2.68. The van der Waals surface area contributed by atoms with Gasteiger partial charge in [0.1, 0.15) is 0 Å². The van der Waals surface area contributed by atoms with E-state index in [0.29, 0.717) is 11.8 Å². The summed E-state index contributed by atoms with van der Waals surface area (Å²) in [7, 11) is 0. The van der Waals surface area contributed by atoms with Crippen molar-refractivity contribution in [2.45, 2.75) is 70.3 Å². The van der Waals surface area contributed by atoms with Crippen molar-refractivity contribution in [3.8, 4) is 0 Å². The Kier molecular flexibility index (Phi) is 2.61. The van der Waals surface area contributed by atoms with Gasteiger partial charge >= 0.3 is 0 Å². The van der Waals surface area contributed by atoms with Crippen molar-refractivity contribution >= 4 is 0 Å². The largest absolute Gasteiger partial charge is 0.345 e. The minimum absolute atomic E-state index is 0.145. The molecule has 4 fully saturated rings. The fourth-order valence-electron chi connectivity index (χ4n) is 5.08. The quantitative estimate of drug-likeness (QED) is 0.731. The van der Waals surface area contributed by atoms with Crippen LogP contribution in [0.4, 0.5) is 0 Å². The Morgan fingerprint density at radius 3 is 2.47 bits per heavy atom. The second-order valence-electron chi connectivity index (χ2n) is 7.69. The van der Waals surface area contributed by atoms with Crippen LogP contribution in [0.15, 0.2) is 0 Å². The Morgan fingerprint density at radius 2 is 1.74 bits per heavy atom. The summed E-state index contributed by atoms with van der Waals surface area (Å²) in [6, 6.07) is 0. The average molecular weight is 267 g/mol. The fourth-order valence-corrected chi connectivity index (χ4v) is 5.08. The lowest BCUT2D eigenvalue weighted by atomic mass is 9.75. The lowest BCUT2D eigenvalue weighted by Crippen LogP contribution is -2.58. The summed E-state index contributed by atoms with van der Waals surface area (Å²) in [4.78, 5) is 11.9. The first kappa shape index (κ1) is 12.6. The molecule has 19 heavy (non-hydrogen) atoms. The van der Waals surface area contributed by atoms with E-state index in [9.17, 15) is 0 Å².